The standard InChI is InChI=1S/C18H15F4N5/c1-11(13-2-4-15(19)5-3-13)25-16-10-24-17(27-26-16)14-6-12(8-23-9-14)7-18(20,21)22/h2-6,8-11H,7H2,1H3,(H,25,26). The summed E-state index contributed by atoms with van der Waals surface area (Å²) in [4.78, 5) is 7.94. The first kappa shape index (κ1) is 18.7. The topological polar surface area (TPSA) is 63.6 Å². The Bertz CT molecular complexity index is 895. The predicted molar refractivity (Wildman–Crippen MR) is 91.3 cm³/mol. The minimum atomic E-state index is -4.32. The Morgan fingerprint density at radius 2 is 1.78 bits per heavy atom. The van der Waals surface area contributed by atoms with Crippen molar-refractivity contribution < 1.29 is 17.6 Å². The number of alkyl halides is 3. The molecule has 140 valence electrons. The van der Waals surface area contributed by atoms with Gasteiger partial charge in [-0.1, -0.05) is 12.1 Å². The molecule has 2 aromatic heterocycles. The van der Waals surface area contributed by atoms with Gasteiger partial charge in [0.1, 0.15) is 5.82 Å². The van der Waals surface area contributed by atoms with Gasteiger partial charge in [0.25, 0.3) is 0 Å². The van der Waals surface area contributed by atoms with Crippen LogP contribution in [0, 0.1) is 5.82 Å². The summed E-state index contributed by atoms with van der Waals surface area (Å²) in [6, 6.07) is 7.21. The third-order valence-corrected chi connectivity index (χ3v) is 3.75. The molecule has 3 aromatic rings. The first-order valence-electron chi connectivity index (χ1n) is 8.03. The van der Waals surface area contributed by atoms with Crippen molar-refractivity contribution in [3.8, 4) is 11.4 Å². The van der Waals surface area contributed by atoms with Crippen LogP contribution < -0.4 is 5.32 Å². The summed E-state index contributed by atoms with van der Waals surface area (Å²) >= 11 is 0. The van der Waals surface area contributed by atoms with Crippen LogP contribution in [0.5, 0.6) is 0 Å². The van der Waals surface area contributed by atoms with Crippen LogP contribution >= 0.6 is 0 Å². The number of aromatic nitrogens is 4. The summed E-state index contributed by atoms with van der Waals surface area (Å²) < 4.78 is 50.5. The lowest BCUT2D eigenvalue weighted by molar-refractivity contribution is -0.127. The van der Waals surface area contributed by atoms with Crippen LogP contribution in [0.4, 0.5) is 23.4 Å². The van der Waals surface area contributed by atoms with Crippen molar-refractivity contribution in [2.75, 3.05) is 5.32 Å². The van der Waals surface area contributed by atoms with Crippen LogP contribution in [0.2, 0.25) is 0 Å². The van der Waals surface area contributed by atoms with Crippen molar-refractivity contribution in [3.05, 3.63) is 65.9 Å². The van der Waals surface area contributed by atoms with Gasteiger partial charge in [-0.05, 0) is 36.2 Å². The molecule has 0 radical (unpaired) electrons. The fraction of sp³-hybridized carbons (Fsp3) is 0.222. The minimum absolute atomic E-state index is 0.0238. The van der Waals surface area contributed by atoms with E-state index in [1.165, 1.54) is 30.6 Å². The van der Waals surface area contributed by atoms with E-state index in [-0.39, 0.29) is 23.2 Å². The summed E-state index contributed by atoms with van der Waals surface area (Å²) in [5, 5.41) is 11.0. The Morgan fingerprint density at radius 1 is 1.04 bits per heavy atom. The molecule has 0 saturated carbocycles. The average Bonchev–Trinajstić information content (AvgIpc) is 2.61. The Hall–Kier alpha value is -3.10. The van der Waals surface area contributed by atoms with Crippen LogP contribution in [0.1, 0.15) is 24.1 Å². The summed E-state index contributed by atoms with van der Waals surface area (Å²) in [5.74, 6) is 0.236. The normalized spacial score (nSPS) is 12.6. The molecule has 3 rings (SSSR count). The fourth-order valence-corrected chi connectivity index (χ4v) is 2.47. The second-order valence-corrected chi connectivity index (χ2v) is 5.96. The number of rotatable bonds is 5. The molecule has 0 aliphatic heterocycles. The number of hydrogen-bond donors (Lipinski definition) is 1. The molecule has 2 heterocycles. The predicted octanol–water partition coefficient (Wildman–Crippen LogP) is 4.35. The smallest absolute Gasteiger partial charge is 0.361 e. The molecule has 0 spiro atoms. The molecule has 0 fully saturated rings. The molecule has 1 atom stereocenters. The lowest BCUT2D eigenvalue weighted by atomic mass is 10.1. The molecule has 0 bridgehead atoms. The molecule has 0 aliphatic carbocycles. The highest BCUT2D eigenvalue weighted by Gasteiger charge is 2.28. The molecular formula is C18H15F4N5. The van der Waals surface area contributed by atoms with Crippen molar-refractivity contribution in [3.63, 3.8) is 0 Å². The van der Waals surface area contributed by atoms with Gasteiger partial charge in [0.2, 0.25) is 0 Å². The van der Waals surface area contributed by atoms with E-state index in [0.29, 0.717) is 11.4 Å². The van der Waals surface area contributed by atoms with Gasteiger partial charge < -0.3 is 5.32 Å². The molecule has 27 heavy (non-hydrogen) atoms. The lowest BCUT2D eigenvalue weighted by Crippen LogP contribution is -2.12. The molecule has 1 unspecified atom stereocenters. The highest BCUT2D eigenvalue weighted by atomic mass is 19.4. The maximum absolute atomic E-state index is 13.0. The van der Waals surface area contributed by atoms with Gasteiger partial charge in [0, 0.05) is 18.0 Å². The Balaban J connectivity index is 1.72. The SMILES string of the molecule is CC(Nc1cnc(-c2cncc(CC(F)(F)F)c2)nn1)c1ccc(F)cc1. The van der Waals surface area contributed by atoms with E-state index in [9.17, 15) is 17.6 Å². The molecule has 9 heteroatoms. The third-order valence-electron chi connectivity index (χ3n) is 3.75. The fourth-order valence-electron chi connectivity index (χ4n) is 2.47. The van der Waals surface area contributed by atoms with Crippen molar-refractivity contribution in [1.29, 1.82) is 0 Å². The van der Waals surface area contributed by atoms with Gasteiger partial charge in [-0.25, -0.2) is 9.37 Å². The Morgan fingerprint density at radius 3 is 2.41 bits per heavy atom. The van der Waals surface area contributed by atoms with Crippen molar-refractivity contribution in [2.45, 2.75) is 25.6 Å². The quantitative estimate of drug-likeness (QED) is 0.670. The summed E-state index contributed by atoms with van der Waals surface area (Å²) in [5.41, 5.74) is 1.23. The summed E-state index contributed by atoms with van der Waals surface area (Å²) in [6.07, 6.45) is -1.42. The van der Waals surface area contributed by atoms with Crippen LogP contribution in [0.25, 0.3) is 11.4 Å². The lowest BCUT2D eigenvalue weighted by Gasteiger charge is -2.14. The van der Waals surface area contributed by atoms with Crippen LogP contribution in [-0.2, 0) is 6.42 Å². The van der Waals surface area contributed by atoms with Crippen molar-refractivity contribution in [2.24, 2.45) is 0 Å². The van der Waals surface area contributed by atoms with E-state index in [2.05, 4.69) is 25.5 Å². The molecule has 0 amide bonds. The molecule has 0 saturated heterocycles. The second kappa shape index (κ2) is 7.65. The zero-order valence-electron chi connectivity index (χ0n) is 14.2. The van der Waals surface area contributed by atoms with Gasteiger partial charge in [0.15, 0.2) is 11.6 Å². The van der Waals surface area contributed by atoms with E-state index in [1.54, 1.807) is 12.1 Å². The number of nitrogens with zero attached hydrogens (tertiary/aromatic N) is 4. The number of hydrogen-bond acceptors (Lipinski definition) is 5. The Labute approximate surface area is 152 Å². The van der Waals surface area contributed by atoms with Gasteiger partial charge in [0.05, 0.1) is 18.7 Å². The van der Waals surface area contributed by atoms with Gasteiger partial charge in [-0.3, -0.25) is 4.98 Å². The van der Waals surface area contributed by atoms with Gasteiger partial charge >= 0.3 is 6.18 Å². The monoisotopic (exact) mass is 377 g/mol. The largest absolute Gasteiger partial charge is 0.393 e. The highest BCUT2D eigenvalue weighted by molar-refractivity contribution is 5.54. The number of nitrogens with one attached hydrogen (secondary N) is 1. The van der Waals surface area contributed by atoms with Crippen LogP contribution in [0.3, 0.4) is 0 Å². The summed E-state index contributed by atoms with van der Waals surface area (Å²) in [7, 11) is 0. The zero-order valence-corrected chi connectivity index (χ0v) is 14.2. The molecular weight excluding hydrogens is 362 g/mol. The van der Waals surface area contributed by atoms with Crippen molar-refractivity contribution >= 4 is 5.82 Å². The molecule has 1 N–H and O–H groups in total. The number of halogens is 4. The number of pyridine rings is 1. The van der Waals surface area contributed by atoms with E-state index < -0.39 is 12.6 Å². The van der Waals surface area contributed by atoms with E-state index >= 15 is 0 Å². The highest BCUT2D eigenvalue weighted by Crippen LogP contribution is 2.23. The molecule has 1 aromatic carbocycles. The van der Waals surface area contributed by atoms with Crippen LogP contribution in [0.15, 0.2) is 48.9 Å². The maximum Gasteiger partial charge on any atom is 0.393 e. The van der Waals surface area contributed by atoms with Gasteiger partial charge in [-0.2, -0.15) is 13.2 Å². The van der Waals surface area contributed by atoms with Crippen LogP contribution in [-0.4, -0.2) is 26.3 Å². The number of benzene rings is 1. The van der Waals surface area contributed by atoms with E-state index in [0.717, 1.165) is 11.8 Å². The Kier molecular flexibility index (Phi) is 5.29. The van der Waals surface area contributed by atoms with E-state index in [4.69, 9.17) is 0 Å². The third kappa shape index (κ3) is 5.19. The minimum Gasteiger partial charge on any atom is -0.361 e. The second-order valence-electron chi connectivity index (χ2n) is 5.96. The summed E-state index contributed by atoms with van der Waals surface area (Å²) in [6.45, 7) is 1.87. The zero-order chi connectivity index (χ0) is 19.4. The van der Waals surface area contributed by atoms with E-state index in [1.807, 2.05) is 6.92 Å². The van der Waals surface area contributed by atoms with Crippen molar-refractivity contribution in [1.82, 2.24) is 20.2 Å². The average molecular weight is 377 g/mol. The van der Waals surface area contributed by atoms with Gasteiger partial charge in [-0.15, -0.1) is 10.2 Å². The first-order chi connectivity index (χ1) is 12.8. The number of anilines is 1. The first-order valence-corrected chi connectivity index (χ1v) is 8.03. The molecule has 0 aliphatic rings. The molecule has 5 nitrogen and oxygen atoms in total. The maximum atomic E-state index is 13.0.